The van der Waals surface area contributed by atoms with Crippen LogP contribution in [0.15, 0.2) is 52.4 Å². The number of benzene rings is 1. The van der Waals surface area contributed by atoms with Crippen LogP contribution in [0.5, 0.6) is 0 Å². The Balaban J connectivity index is 1.69. The molecule has 0 aliphatic heterocycles. The summed E-state index contributed by atoms with van der Waals surface area (Å²) in [5.74, 6) is 1.61. The molecule has 0 spiro atoms. The monoisotopic (exact) mass is 417 g/mol. The fraction of sp³-hybridized carbons (Fsp3) is 0.200. The van der Waals surface area contributed by atoms with Gasteiger partial charge in [0.1, 0.15) is 22.8 Å². The van der Waals surface area contributed by atoms with Crippen LogP contribution in [-0.2, 0) is 12.3 Å². The zero-order valence-electron chi connectivity index (χ0n) is 14.9. The van der Waals surface area contributed by atoms with E-state index in [9.17, 15) is 0 Å². The van der Waals surface area contributed by atoms with Crippen LogP contribution in [0.3, 0.4) is 0 Å². The van der Waals surface area contributed by atoms with E-state index >= 15 is 0 Å². The molecule has 0 saturated heterocycles. The van der Waals surface area contributed by atoms with Crippen LogP contribution in [0.4, 0.5) is 0 Å². The molecule has 0 N–H and O–H groups in total. The van der Waals surface area contributed by atoms with Crippen molar-refractivity contribution >= 4 is 46.0 Å². The lowest BCUT2D eigenvalue weighted by Crippen LogP contribution is -2.02. The molecule has 27 heavy (non-hydrogen) atoms. The van der Waals surface area contributed by atoms with Gasteiger partial charge in [-0.25, -0.2) is 9.97 Å². The number of nitrogens with zero attached hydrogens (tertiary/aromatic N) is 3. The summed E-state index contributed by atoms with van der Waals surface area (Å²) in [5, 5.41) is 3.34. The van der Waals surface area contributed by atoms with E-state index in [1.807, 2.05) is 24.3 Å². The second-order valence-electron chi connectivity index (χ2n) is 6.28. The Labute approximate surface area is 171 Å². The molecular weight excluding hydrogens is 401 g/mol. The minimum atomic E-state index is 0.639. The van der Waals surface area contributed by atoms with Gasteiger partial charge in [0.05, 0.1) is 18.2 Å². The van der Waals surface area contributed by atoms with Crippen LogP contribution in [0, 0.1) is 13.8 Å². The molecule has 0 atom stereocenters. The van der Waals surface area contributed by atoms with Gasteiger partial charge >= 0.3 is 0 Å². The molecule has 3 heterocycles. The summed E-state index contributed by atoms with van der Waals surface area (Å²) in [7, 11) is 0. The SMILES string of the molecule is Cc1c(C)n(Cc2ccco2)c2ncnc(SCc3ccc(Cl)cc3Cl)c12. The average molecular weight is 418 g/mol. The number of halogens is 2. The number of hydrogen-bond acceptors (Lipinski definition) is 4. The Bertz CT molecular complexity index is 1110. The van der Waals surface area contributed by atoms with Gasteiger partial charge in [-0.1, -0.05) is 29.3 Å². The summed E-state index contributed by atoms with van der Waals surface area (Å²) < 4.78 is 7.69. The highest BCUT2D eigenvalue weighted by Crippen LogP contribution is 2.34. The Kier molecular flexibility index (Phi) is 5.17. The highest BCUT2D eigenvalue weighted by molar-refractivity contribution is 7.98. The Morgan fingerprint density at radius 2 is 2.00 bits per heavy atom. The number of aromatic nitrogens is 3. The summed E-state index contributed by atoms with van der Waals surface area (Å²) in [4.78, 5) is 9.07. The summed E-state index contributed by atoms with van der Waals surface area (Å²) in [6, 6.07) is 9.45. The third kappa shape index (κ3) is 3.59. The molecule has 0 aliphatic carbocycles. The average Bonchev–Trinajstić information content (AvgIpc) is 3.24. The van der Waals surface area contributed by atoms with Gasteiger partial charge in [-0.05, 0) is 49.2 Å². The zero-order valence-corrected chi connectivity index (χ0v) is 17.2. The van der Waals surface area contributed by atoms with Crippen molar-refractivity contribution in [2.75, 3.05) is 0 Å². The second-order valence-corrected chi connectivity index (χ2v) is 8.09. The van der Waals surface area contributed by atoms with Crippen LogP contribution in [0.2, 0.25) is 10.0 Å². The molecule has 0 amide bonds. The van der Waals surface area contributed by atoms with Crippen molar-refractivity contribution in [3.05, 3.63) is 75.5 Å². The minimum absolute atomic E-state index is 0.639. The van der Waals surface area contributed by atoms with Crippen LogP contribution in [-0.4, -0.2) is 14.5 Å². The lowest BCUT2D eigenvalue weighted by molar-refractivity contribution is 0.494. The first-order valence-corrected chi connectivity index (χ1v) is 10.2. The Morgan fingerprint density at radius 3 is 2.74 bits per heavy atom. The van der Waals surface area contributed by atoms with E-state index in [4.69, 9.17) is 27.6 Å². The first kappa shape index (κ1) is 18.4. The van der Waals surface area contributed by atoms with Gasteiger partial charge in [0, 0.05) is 21.5 Å². The van der Waals surface area contributed by atoms with Crippen molar-refractivity contribution < 1.29 is 4.42 Å². The maximum absolute atomic E-state index is 6.31. The largest absolute Gasteiger partial charge is 0.467 e. The first-order valence-electron chi connectivity index (χ1n) is 8.44. The summed E-state index contributed by atoms with van der Waals surface area (Å²) in [5.41, 5.74) is 4.29. The number of furan rings is 1. The van der Waals surface area contributed by atoms with Gasteiger partial charge in [-0.2, -0.15) is 0 Å². The third-order valence-electron chi connectivity index (χ3n) is 4.64. The fourth-order valence-corrected chi connectivity index (χ4v) is 4.69. The van der Waals surface area contributed by atoms with Crippen LogP contribution in [0.1, 0.15) is 22.6 Å². The maximum atomic E-state index is 6.31. The number of fused-ring (bicyclic) bond motifs is 1. The smallest absolute Gasteiger partial charge is 0.145 e. The van der Waals surface area contributed by atoms with E-state index < -0.39 is 0 Å². The molecule has 0 aliphatic rings. The van der Waals surface area contributed by atoms with Crippen LogP contribution in [0.25, 0.3) is 11.0 Å². The lowest BCUT2D eigenvalue weighted by atomic mass is 10.2. The van der Waals surface area contributed by atoms with Crippen molar-refractivity contribution in [1.82, 2.24) is 14.5 Å². The number of thioether (sulfide) groups is 1. The van der Waals surface area contributed by atoms with Crippen molar-refractivity contribution in [2.45, 2.75) is 31.2 Å². The molecule has 0 radical (unpaired) electrons. The quantitative estimate of drug-likeness (QED) is 0.282. The van der Waals surface area contributed by atoms with Gasteiger partial charge in [0.15, 0.2) is 0 Å². The lowest BCUT2D eigenvalue weighted by Gasteiger charge is -2.07. The molecule has 0 bridgehead atoms. The normalized spacial score (nSPS) is 11.4. The van der Waals surface area contributed by atoms with E-state index in [1.54, 1.807) is 30.4 Å². The minimum Gasteiger partial charge on any atom is -0.467 e. The third-order valence-corrected chi connectivity index (χ3v) is 6.27. The molecule has 0 unspecified atom stereocenters. The van der Waals surface area contributed by atoms with Gasteiger partial charge in [-0.15, -0.1) is 11.8 Å². The van der Waals surface area contributed by atoms with Gasteiger partial charge < -0.3 is 8.98 Å². The molecule has 0 saturated carbocycles. The molecule has 1 aromatic carbocycles. The van der Waals surface area contributed by atoms with Gasteiger partial charge in [0.2, 0.25) is 0 Å². The Hall–Kier alpha value is -1.95. The number of aryl methyl sites for hydroxylation is 1. The molecule has 4 nitrogen and oxygen atoms in total. The van der Waals surface area contributed by atoms with E-state index in [1.165, 1.54) is 5.56 Å². The van der Waals surface area contributed by atoms with Crippen molar-refractivity contribution in [2.24, 2.45) is 0 Å². The summed E-state index contributed by atoms with van der Waals surface area (Å²) >= 11 is 13.9. The predicted octanol–water partition coefficient (Wildman–Crippen LogP) is 6.29. The van der Waals surface area contributed by atoms with Crippen molar-refractivity contribution in [1.29, 1.82) is 0 Å². The maximum Gasteiger partial charge on any atom is 0.145 e. The molecular formula is C20H17Cl2N3OS. The van der Waals surface area contributed by atoms with Gasteiger partial charge in [-0.3, -0.25) is 0 Å². The molecule has 7 heteroatoms. The molecule has 138 valence electrons. The predicted molar refractivity (Wildman–Crippen MR) is 111 cm³/mol. The van der Waals surface area contributed by atoms with Crippen LogP contribution < -0.4 is 0 Å². The van der Waals surface area contributed by atoms with E-state index in [2.05, 4.69) is 28.4 Å². The summed E-state index contributed by atoms with van der Waals surface area (Å²) in [6.07, 6.45) is 3.31. The van der Waals surface area contributed by atoms with Gasteiger partial charge in [0.25, 0.3) is 0 Å². The van der Waals surface area contributed by atoms with E-state index in [-0.39, 0.29) is 0 Å². The zero-order chi connectivity index (χ0) is 19.0. The van der Waals surface area contributed by atoms with Crippen LogP contribution >= 0.6 is 35.0 Å². The first-order chi connectivity index (χ1) is 13.0. The highest BCUT2D eigenvalue weighted by atomic mass is 35.5. The van der Waals surface area contributed by atoms with E-state index in [0.717, 1.165) is 33.1 Å². The van der Waals surface area contributed by atoms with E-state index in [0.29, 0.717) is 22.3 Å². The molecule has 4 rings (SSSR count). The molecule has 3 aromatic heterocycles. The summed E-state index contributed by atoms with van der Waals surface area (Å²) in [6.45, 7) is 4.86. The highest BCUT2D eigenvalue weighted by Gasteiger charge is 2.18. The molecule has 4 aromatic rings. The van der Waals surface area contributed by atoms with Crippen molar-refractivity contribution in [3.63, 3.8) is 0 Å². The number of rotatable bonds is 5. The number of hydrogen-bond donors (Lipinski definition) is 0. The fourth-order valence-electron chi connectivity index (χ4n) is 3.08. The molecule has 0 fully saturated rings. The topological polar surface area (TPSA) is 43.9 Å². The standard InChI is InChI=1S/C20H17Cl2N3OS/c1-12-13(2)25(9-16-4-3-7-26-16)19-18(12)20(24-11-23-19)27-10-14-5-6-15(21)8-17(14)22/h3-8,11H,9-10H2,1-2H3. The van der Waals surface area contributed by atoms with Crippen molar-refractivity contribution in [3.8, 4) is 0 Å². The second kappa shape index (κ2) is 7.58. The Morgan fingerprint density at radius 1 is 1.15 bits per heavy atom.